The summed E-state index contributed by atoms with van der Waals surface area (Å²) in [5.74, 6) is 0.499. The molecule has 0 spiro atoms. The van der Waals surface area contributed by atoms with Gasteiger partial charge in [0.05, 0.1) is 12.8 Å². The Bertz CT molecular complexity index is 327. The van der Waals surface area contributed by atoms with Crippen LogP contribution in [-0.2, 0) is 16.1 Å². The van der Waals surface area contributed by atoms with E-state index in [9.17, 15) is 4.79 Å². The molecule has 0 aliphatic heterocycles. The lowest BCUT2D eigenvalue weighted by atomic mass is 10.2. The number of esters is 1. The number of nitrogens with zero attached hydrogens (tertiary/aromatic N) is 1. The molecule has 84 valence electrons. The number of rotatable bonds is 4. The maximum Gasteiger partial charge on any atom is 0.322 e. The zero-order chi connectivity index (χ0) is 11.4. The molecule has 1 N–H and O–H groups in total. The summed E-state index contributed by atoms with van der Waals surface area (Å²) in [7, 11) is 1.37. The first-order valence-electron chi connectivity index (χ1n) is 4.79. The van der Waals surface area contributed by atoms with E-state index in [4.69, 9.17) is 4.52 Å². The number of carbonyl (C=O) groups is 1. The molecule has 0 bridgehead atoms. The predicted molar refractivity (Wildman–Crippen MR) is 54.3 cm³/mol. The van der Waals surface area contributed by atoms with Crippen molar-refractivity contribution in [2.24, 2.45) is 0 Å². The van der Waals surface area contributed by atoms with Crippen LogP contribution >= 0.6 is 0 Å². The van der Waals surface area contributed by atoms with Gasteiger partial charge in [-0.25, -0.2) is 0 Å². The second-order valence-corrected chi connectivity index (χ2v) is 3.43. The average molecular weight is 212 g/mol. The number of nitrogens with one attached hydrogen (secondary N) is 1. The van der Waals surface area contributed by atoms with Gasteiger partial charge >= 0.3 is 5.97 Å². The van der Waals surface area contributed by atoms with Gasteiger partial charge in [0, 0.05) is 12.1 Å². The Morgan fingerprint density at radius 2 is 2.27 bits per heavy atom. The van der Waals surface area contributed by atoms with Crippen LogP contribution in [0.2, 0.25) is 0 Å². The van der Waals surface area contributed by atoms with Gasteiger partial charge in [-0.15, -0.1) is 0 Å². The Balaban J connectivity index is 2.54. The quantitative estimate of drug-likeness (QED) is 0.752. The zero-order valence-electron chi connectivity index (χ0n) is 9.46. The lowest BCUT2D eigenvalue weighted by Crippen LogP contribution is -2.34. The molecule has 15 heavy (non-hydrogen) atoms. The minimum atomic E-state index is -0.330. The molecule has 0 amide bonds. The Morgan fingerprint density at radius 3 is 2.73 bits per heavy atom. The van der Waals surface area contributed by atoms with Crippen molar-refractivity contribution >= 4 is 5.97 Å². The first-order chi connectivity index (χ1) is 7.06. The fraction of sp³-hybridized carbons (Fsp3) is 0.600. The van der Waals surface area contributed by atoms with Crippen LogP contribution in [0.1, 0.15) is 23.9 Å². The highest BCUT2D eigenvalue weighted by molar-refractivity contribution is 5.75. The van der Waals surface area contributed by atoms with Gasteiger partial charge < -0.3 is 14.6 Å². The van der Waals surface area contributed by atoms with Gasteiger partial charge in [0.2, 0.25) is 0 Å². The second-order valence-electron chi connectivity index (χ2n) is 3.43. The highest BCUT2D eigenvalue weighted by Gasteiger charge is 2.14. The summed E-state index contributed by atoms with van der Waals surface area (Å²) in [6.07, 6.45) is 0. The van der Waals surface area contributed by atoms with Crippen molar-refractivity contribution in [1.82, 2.24) is 10.5 Å². The van der Waals surface area contributed by atoms with Crippen molar-refractivity contribution in [1.29, 1.82) is 0 Å². The first-order valence-corrected chi connectivity index (χ1v) is 4.79. The van der Waals surface area contributed by atoms with E-state index in [2.05, 4.69) is 15.2 Å². The Labute approximate surface area is 88.8 Å². The zero-order valence-corrected chi connectivity index (χ0v) is 9.46. The number of aromatic nitrogens is 1. The van der Waals surface area contributed by atoms with E-state index in [1.807, 2.05) is 13.8 Å². The number of ether oxygens (including phenoxy) is 1. The summed E-state index contributed by atoms with van der Waals surface area (Å²) >= 11 is 0. The van der Waals surface area contributed by atoms with Gasteiger partial charge in [0.25, 0.3) is 0 Å². The molecule has 1 rings (SSSR count). The summed E-state index contributed by atoms with van der Waals surface area (Å²) in [4.78, 5) is 11.1. The highest BCUT2D eigenvalue weighted by Crippen LogP contribution is 2.11. The third-order valence-corrected chi connectivity index (χ3v) is 2.32. The van der Waals surface area contributed by atoms with Crippen molar-refractivity contribution in [3.8, 4) is 0 Å². The van der Waals surface area contributed by atoms with Crippen LogP contribution in [-0.4, -0.2) is 24.3 Å². The minimum absolute atomic E-state index is 0.276. The van der Waals surface area contributed by atoms with Gasteiger partial charge in [-0.3, -0.25) is 4.79 Å². The van der Waals surface area contributed by atoms with Crippen LogP contribution in [0.5, 0.6) is 0 Å². The normalized spacial score (nSPS) is 12.5. The van der Waals surface area contributed by atoms with Crippen LogP contribution in [0.4, 0.5) is 0 Å². The Kier molecular flexibility index (Phi) is 3.85. The molecule has 5 nitrogen and oxygen atoms in total. The second kappa shape index (κ2) is 4.93. The molecule has 0 aliphatic rings. The van der Waals surface area contributed by atoms with E-state index in [0.29, 0.717) is 6.54 Å². The van der Waals surface area contributed by atoms with Gasteiger partial charge in [-0.05, 0) is 20.8 Å². The number of methoxy groups -OCH3 is 1. The number of hydrogen-bond acceptors (Lipinski definition) is 5. The molecule has 5 heteroatoms. The third kappa shape index (κ3) is 2.79. The summed E-state index contributed by atoms with van der Waals surface area (Å²) < 4.78 is 9.61. The van der Waals surface area contributed by atoms with Gasteiger partial charge in [-0.1, -0.05) is 5.16 Å². The highest BCUT2D eigenvalue weighted by atomic mass is 16.5. The van der Waals surface area contributed by atoms with Gasteiger partial charge in [-0.2, -0.15) is 0 Å². The molecule has 0 aliphatic carbocycles. The van der Waals surface area contributed by atoms with E-state index in [-0.39, 0.29) is 12.0 Å². The lowest BCUT2D eigenvalue weighted by molar-refractivity contribution is -0.142. The van der Waals surface area contributed by atoms with Crippen LogP contribution in [0.25, 0.3) is 0 Å². The number of carbonyl (C=O) groups excluding carboxylic acids is 1. The van der Waals surface area contributed by atoms with Crippen molar-refractivity contribution in [2.75, 3.05) is 7.11 Å². The van der Waals surface area contributed by atoms with Crippen LogP contribution in [0.15, 0.2) is 4.52 Å². The maximum absolute atomic E-state index is 11.1. The Hall–Kier alpha value is -1.36. The summed E-state index contributed by atoms with van der Waals surface area (Å²) in [5.41, 5.74) is 1.84. The standard InChI is InChI=1S/C10H16N2O3/c1-6-9(8(3)15-12-6)5-11-7(2)10(13)14-4/h7,11H,5H2,1-4H3/t7-/m0/s1. The molecule has 0 fully saturated rings. The summed E-state index contributed by atoms with van der Waals surface area (Å²) in [5, 5.41) is 6.87. The molecular formula is C10H16N2O3. The van der Waals surface area contributed by atoms with Gasteiger partial charge in [0.15, 0.2) is 0 Å². The number of hydrogen-bond donors (Lipinski definition) is 1. The van der Waals surface area contributed by atoms with Crippen LogP contribution < -0.4 is 5.32 Å². The first kappa shape index (κ1) is 11.7. The van der Waals surface area contributed by atoms with Crippen molar-refractivity contribution in [3.05, 3.63) is 17.0 Å². The van der Waals surface area contributed by atoms with E-state index in [0.717, 1.165) is 17.0 Å². The van der Waals surface area contributed by atoms with Gasteiger partial charge in [0.1, 0.15) is 11.8 Å². The molecule has 0 saturated heterocycles. The lowest BCUT2D eigenvalue weighted by Gasteiger charge is -2.10. The molecule has 1 heterocycles. The molecule has 0 unspecified atom stereocenters. The monoisotopic (exact) mass is 212 g/mol. The predicted octanol–water partition coefficient (Wildman–Crippen LogP) is 0.943. The average Bonchev–Trinajstić information content (AvgIpc) is 2.54. The SMILES string of the molecule is COC(=O)[C@H](C)NCc1c(C)noc1C. The summed E-state index contributed by atoms with van der Waals surface area (Å²) in [6, 6.07) is -0.330. The molecule has 1 aromatic rings. The van der Waals surface area contributed by atoms with E-state index in [1.165, 1.54) is 7.11 Å². The summed E-state index contributed by atoms with van der Waals surface area (Å²) in [6.45, 7) is 6.03. The largest absolute Gasteiger partial charge is 0.468 e. The fourth-order valence-electron chi connectivity index (χ4n) is 1.27. The van der Waals surface area contributed by atoms with E-state index >= 15 is 0 Å². The van der Waals surface area contributed by atoms with Crippen LogP contribution in [0.3, 0.4) is 0 Å². The van der Waals surface area contributed by atoms with Crippen molar-refractivity contribution in [3.63, 3.8) is 0 Å². The van der Waals surface area contributed by atoms with Crippen LogP contribution in [0, 0.1) is 13.8 Å². The molecule has 0 aromatic carbocycles. The molecule has 1 aromatic heterocycles. The maximum atomic E-state index is 11.1. The smallest absolute Gasteiger partial charge is 0.322 e. The fourth-order valence-corrected chi connectivity index (χ4v) is 1.27. The number of aryl methyl sites for hydroxylation is 2. The molecule has 1 atom stereocenters. The minimum Gasteiger partial charge on any atom is -0.468 e. The van der Waals surface area contributed by atoms with E-state index in [1.54, 1.807) is 6.92 Å². The molecular weight excluding hydrogens is 196 g/mol. The van der Waals surface area contributed by atoms with Crippen molar-refractivity contribution < 1.29 is 14.1 Å². The van der Waals surface area contributed by atoms with E-state index < -0.39 is 0 Å². The molecule has 0 saturated carbocycles. The Morgan fingerprint density at radius 1 is 1.60 bits per heavy atom. The topological polar surface area (TPSA) is 64.4 Å². The van der Waals surface area contributed by atoms with Crippen molar-refractivity contribution in [2.45, 2.75) is 33.4 Å². The third-order valence-electron chi connectivity index (χ3n) is 2.32. The molecule has 0 radical (unpaired) electrons.